The summed E-state index contributed by atoms with van der Waals surface area (Å²) in [5, 5.41) is 10.7. The van der Waals surface area contributed by atoms with Crippen molar-refractivity contribution in [2.24, 2.45) is 11.7 Å². The Kier molecular flexibility index (Phi) is 10.6. The molecule has 0 radical (unpaired) electrons. The summed E-state index contributed by atoms with van der Waals surface area (Å²) >= 11 is 0. The van der Waals surface area contributed by atoms with Gasteiger partial charge in [-0.2, -0.15) is 0 Å². The van der Waals surface area contributed by atoms with E-state index in [1.807, 2.05) is 18.2 Å². The Hall–Kier alpha value is -1.30. The van der Waals surface area contributed by atoms with Crippen LogP contribution in [0, 0.1) is 5.92 Å². The summed E-state index contributed by atoms with van der Waals surface area (Å²) in [7, 11) is 0. The molecule has 3 N–H and O–H groups in total. The number of hydrogen-bond donors (Lipinski definition) is 2. The van der Waals surface area contributed by atoms with E-state index in [1.165, 1.54) is 17.5 Å². The minimum atomic E-state index is -0.195. The molecule has 4 rings (SSSR count). The largest absolute Gasteiger partial charge is 0.489 e. The Bertz CT molecular complexity index is 760. The molecule has 172 valence electrons. The number of nitrogens with zero attached hydrogens (tertiary/aromatic N) is 1. The van der Waals surface area contributed by atoms with Gasteiger partial charge in [0.1, 0.15) is 12.4 Å². The van der Waals surface area contributed by atoms with Gasteiger partial charge in [-0.05, 0) is 55.0 Å². The number of aliphatic hydroxyl groups is 1. The maximum absolute atomic E-state index is 10.7. The number of halogens is 2. The van der Waals surface area contributed by atoms with Crippen molar-refractivity contribution in [3.8, 4) is 5.75 Å². The fourth-order valence-electron chi connectivity index (χ4n) is 4.96. The van der Waals surface area contributed by atoms with Gasteiger partial charge in [-0.3, -0.25) is 0 Å². The normalized spacial score (nSPS) is 24.6. The lowest BCUT2D eigenvalue weighted by Crippen LogP contribution is -2.37. The van der Waals surface area contributed by atoms with Crippen molar-refractivity contribution in [1.29, 1.82) is 0 Å². The van der Waals surface area contributed by atoms with Crippen LogP contribution >= 0.6 is 24.8 Å². The monoisotopic (exact) mass is 466 g/mol. The van der Waals surface area contributed by atoms with Gasteiger partial charge in [0.25, 0.3) is 0 Å². The van der Waals surface area contributed by atoms with Crippen LogP contribution in [-0.2, 0) is 6.61 Å². The van der Waals surface area contributed by atoms with E-state index in [2.05, 4.69) is 41.3 Å². The molecule has 0 spiro atoms. The summed E-state index contributed by atoms with van der Waals surface area (Å²) in [6, 6.07) is 19.1. The van der Waals surface area contributed by atoms with Crippen LogP contribution in [0.1, 0.15) is 49.1 Å². The quantitative estimate of drug-likeness (QED) is 0.616. The molecule has 1 heterocycles. The summed E-state index contributed by atoms with van der Waals surface area (Å²) in [6.07, 6.45) is 5.28. The van der Waals surface area contributed by atoms with Crippen molar-refractivity contribution in [2.45, 2.75) is 56.8 Å². The van der Waals surface area contributed by atoms with Crippen LogP contribution in [0.4, 0.5) is 0 Å². The third-order valence-electron chi connectivity index (χ3n) is 6.62. The molecule has 0 bridgehead atoms. The van der Waals surface area contributed by atoms with Crippen molar-refractivity contribution < 1.29 is 9.84 Å². The zero-order valence-electron chi connectivity index (χ0n) is 18.1. The highest BCUT2D eigenvalue weighted by atomic mass is 35.5. The van der Waals surface area contributed by atoms with Gasteiger partial charge in [-0.1, -0.05) is 55.3 Å². The molecule has 2 aliphatic rings. The molecular formula is C25H36Cl2N2O2. The molecule has 2 aromatic rings. The van der Waals surface area contributed by atoms with E-state index >= 15 is 0 Å². The lowest BCUT2D eigenvalue weighted by Gasteiger charge is -2.36. The van der Waals surface area contributed by atoms with Crippen LogP contribution in [0.3, 0.4) is 0 Å². The highest BCUT2D eigenvalue weighted by molar-refractivity contribution is 5.85. The van der Waals surface area contributed by atoms with Gasteiger partial charge in [-0.15, -0.1) is 24.8 Å². The van der Waals surface area contributed by atoms with Crippen LogP contribution in [0.15, 0.2) is 54.6 Å². The number of rotatable bonds is 7. The predicted octanol–water partition coefficient (Wildman–Crippen LogP) is 4.78. The second kappa shape index (κ2) is 12.7. The molecule has 1 saturated heterocycles. The van der Waals surface area contributed by atoms with Gasteiger partial charge in [0.15, 0.2) is 0 Å². The topological polar surface area (TPSA) is 58.7 Å². The summed E-state index contributed by atoms with van der Waals surface area (Å²) < 4.78 is 5.96. The van der Waals surface area contributed by atoms with E-state index in [-0.39, 0.29) is 30.9 Å². The average molecular weight is 467 g/mol. The molecule has 0 aromatic heterocycles. The fraction of sp³-hybridized carbons (Fsp3) is 0.520. The lowest BCUT2D eigenvalue weighted by molar-refractivity contribution is 0.0476. The summed E-state index contributed by atoms with van der Waals surface area (Å²) in [5.74, 6) is 1.57. The predicted molar refractivity (Wildman–Crippen MR) is 131 cm³/mol. The van der Waals surface area contributed by atoms with Gasteiger partial charge in [0.05, 0.1) is 6.10 Å². The summed E-state index contributed by atoms with van der Waals surface area (Å²) in [6.45, 7) is 3.60. The Morgan fingerprint density at radius 1 is 0.968 bits per heavy atom. The number of benzene rings is 2. The van der Waals surface area contributed by atoms with Crippen LogP contribution in [0.2, 0.25) is 0 Å². The first-order valence-corrected chi connectivity index (χ1v) is 11.1. The third-order valence-corrected chi connectivity index (χ3v) is 6.62. The molecule has 31 heavy (non-hydrogen) atoms. The van der Waals surface area contributed by atoms with Crippen LogP contribution < -0.4 is 10.5 Å². The Morgan fingerprint density at radius 3 is 2.32 bits per heavy atom. The van der Waals surface area contributed by atoms with Crippen LogP contribution in [0.5, 0.6) is 5.75 Å². The summed E-state index contributed by atoms with van der Waals surface area (Å²) in [5.41, 5.74) is 8.62. The number of nitrogens with two attached hydrogens (primary N) is 1. The van der Waals surface area contributed by atoms with Crippen LogP contribution in [-0.4, -0.2) is 41.8 Å². The maximum atomic E-state index is 10.7. The fourth-order valence-corrected chi connectivity index (χ4v) is 4.96. The van der Waals surface area contributed by atoms with Crippen LogP contribution in [0.25, 0.3) is 0 Å². The molecule has 0 amide bonds. The standard InChI is InChI=1S/C25H34N2O2.2ClH/c26-21-14-15-27(16-21)17-24(23-8-4-5-9-25(23)28)20-10-12-22(13-11-20)29-18-19-6-2-1-3-7-19;;/h1-3,6-7,10-13,21,23-25,28H,4-5,8-9,14-18,26H2;2*1H/t21-,23?,24?,25?;;/m0../s1. The molecule has 1 aliphatic carbocycles. The van der Waals surface area contributed by atoms with Crippen molar-refractivity contribution in [2.75, 3.05) is 19.6 Å². The minimum Gasteiger partial charge on any atom is -0.489 e. The molecule has 6 heteroatoms. The summed E-state index contributed by atoms with van der Waals surface area (Å²) in [4.78, 5) is 2.48. The first-order valence-electron chi connectivity index (χ1n) is 11.1. The molecule has 4 nitrogen and oxygen atoms in total. The Labute approximate surface area is 199 Å². The van der Waals surface area contributed by atoms with Crippen molar-refractivity contribution in [3.63, 3.8) is 0 Å². The van der Waals surface area contributed by atoms with Gasteiger partial charge in [0.2, 0.25) is 0 Å². The lowest BCUT2D eigenvalue weighted by atomic mass is 9.74. The average Bonchev–Trinajstić information content (AvgIpc) is 3.17. The molecule has 2 fully saturated rings. The molecular weight excluding hydrogens is 431 g/mol. The van der Waals surface area contributed by atoms with E-state index in [4.69, 9.17) is 10.5 Å². The van der Waals surface area contributed by atoms with E-state index in [0.29, 0.717) is 24.5 Å². The van der Waals surface area contributed by atoms with E-state index in [1.54, 1.807) is 0 Å². The number of ether oxygens (including phenoxy) is 1. The molecule has 3 unspecified atom stereocenters. The smallest absolute Gasteiger partial charge is 0.119 e. The van der Waals surface area contributed by atoms with Crippen molar-refractivity contribution in [3.05, 3.63) is 65.7 Å². The van der Waals surface area contributed by atoms with Gasteiger partial charge < -0.3 is 20.5 Å². The van der Waals surface area contributed by atoms with Crippen molar-refractivity contribution >= 4 is 24.8 Å². The molecule has 2 aromatic carbocycles. The zero-order valence-corrected chi connectivity index (χ0v) is 19.7. The Morgan fingerprint density at radius 2 is 1.68 bits per heavy atom. The maximum Gasteiger partial charge on any atom is 0.119 e. The SMILES string of the molecule is Cl.Cl.N[C@H]1CCN(CC(c2ccc(OCc3ccccc3)cc2)C2CCCCC2O)C1. The first-order chi connectivity index (χ1) is 14.2. The third kappa shape index (κ3) is 7.10. The van der Waals surface area contributed by atoms with Gasteiger partial charge in [0, 0.05) is 25.0 Å². The van der Waals surface area contributed by atoms with Gasteiger partial charge in [-0.25, -0.2) is 0 Å². The number of likely N-dealkylation sites (tertiary alicyclic amines) is 1. The second-order valence-corrected chi connectivity index (χ2v) is 8.77. The molecule has 4 atom stereocenters. The Balaban J connectivity index is 0.00000171. The van der Waals surface area contributed by atoms with Crippen molar-refractivity contribution in [1.82, 2.24) is 4.90 Å². The molecule has 1 aliphatic heterocycles. The highest BCUT2D eigenvalue weighted by Gasteiger charge is 2.34. The highest BCUT2D eigenvalue weighted by Crippen LogP contribution is 2.38. The van der Waals surface area contributed by atoms with E-state index in [9.17, 15) is 5.11 Å². The first kappa shape index (κ1) is 26.0. The number of hydrogen-bond acceptors (Lipinski definition) is 4. The van der Waals surface area contributed by atoms with Gasteiger partial charge >= 0.3 is 0 Å². The minimum absolute atomic E-state index is 0. The zero-order chi connectivity index (χ0) is 20.1. The van der Waals surface area contributed by atoms with E-state index in [0.717, 1.165) is 51.1 Å². The van der Waals surface area contributed by atoms with E-state index < -0.39 is 0 Å². The molecule has 1 saturated carbocycles. The number of aliphatic hydroxyl groups excluding tert-OH is 1. The second-order valence-electron chi connectivity index (χ2n) is 8.77.